The zero-order valence-corrected chi connectivity index (χ0v) is 12.5. The van der Waals surface area contributed by atoms with Crippen LogP contribution in [-0.2, 0) is 11.3 Å². The van der Waals surface area contributed by atoms with E-state index in [4.69, 9.17) is 5.11 Å². The largest absolute Gasteiger partial charge is 0.481 e. The van der Waals surface area contributed by atoms with Crippen molar-refractivity contribution < 1.29 is 9.90 Å². The van der Waals surface area contributed by atoms with Crippen LogP contribution in [0.1, 0.15) is 6.92 Å². The van der Waals surface area contributed by atoms with Crippen molar-refractivity contribution in [1.82, 2.24) is 19.7 Å². The average molecular weight is 343 g/mol. The predicted molar refractivity (Wildman–Crippen MR) is 75.0 cm³/mol. The summed E-state index contributed by atoms with van der Waals surface area (Å²) >= 11 is 4.57. The Labute approximate surface area is 122 Å². The van der Waals surface area contributed by atoms with E-state index >= 15 is 0 Å². The first-order valence-electron chi connectivity index (χ1n) is 5.52. The number of hydrogen-bond acceptors (Lipinski definition) is 5. The molecule has 19 heavy (non-hydrogen) atoms. The maximum Gasteiger partial charge on any atom is 0.313 e. The second-order valence-corrected chi connectivity index (χ2v) is 5.36. The molecule has 0 unspecified atom stereocenters. The minimum atomic E-state index is -0.879. The van der Waals surface area contributed by atoms with Crippen molar-refractivity contribution in [3.05, 3.63) is 22.8 Å². The van der Waals surface area contributed by atoms with Gasteiger partial charge in [-0.2, -0.15) is 0 Å². The van der Waals surface area contributed by atoms with E-state index in [-0.39, 0.29) is 5.75 Å². The highest BCUT2D eigenvalue weighted by Crippen LogP contribution is 2.27. The Bertz CT molecular complexity index is 602. The molecule has 0 aliphatic rings. The first-order chi connectivity index (χ1) is 9.13. The van der Waals surface area contributed by atoms with E-state index in [2.05, 4.69) is 31.1 Å². The maximum absolute atomic E-state index is 10.6. The molecule has 100 valence electrons. The summed E-state index contributed by atoms with van der Waals surface area (Å²) in [7, 11) is 0. The number of pyridine rings is 1. The minimum Gasteiger partial charge on any atom is -0.481 e. The highest BCUT2D eigenvalue weighted by Gasteiger charge is 2.16. The Morgan fingerprint density at radius 3 is 2.95 bits per heavy atom. The van der Waals surface area contributed by atoms with Crippen LogP contribution in [0.4, 0.5) is 0 Å². The molecule has 0 radical (unpaired) electrons. The van der Waals surface area contributed by atoms with Crippen molar-refractivity contribution in [3.8, 4) is 11.5 Å². The van der Waals surface area contributed by atoms with E-state index in [0.717, 1.165) is 16.2 Å². The molecule has 0 saturated carbocycles. The van der Waals surface area contributed by atoms with Crippen LogP contribution >= 0.6 is 27.7 Å². The first kappa shape index (κ1) is 14.0. The van der Waals surface area contributed by atoms with Crippen LogP contribution in [-0.4, -0.2) is 36.6 Å². The standard InChI is InChI=1S/C11H11BrN4O2S/c1-2-16-10(9-7(12)4-3-5-13-9)14-15-11(16)19-6-8(17)18/h3-5H,2,6H2,1H3,(H,17,18). The van der Waals surface area contributed by atoms with E-state index in [1.165, 1.54) is 0 Å². The fraction of sp³-hybridized carbons (Fsp3) is 0.273. The minimum absolute atomic E-state index is 0.0402. The number of hydrogen-bond donors (Lipinski definition) is 1. The Kier molecular flexibility index (Phi) is 4.54. The Morgan fingerprint density at radius 1 is 1.53 bits per heavy atom. The van der Waals surface area contributed by atoms with E-state index in [0.29, 0.717) is 23.2 Å². The second kappa shape index (κ2) is 6.16. The molecule has 1 N–H and O–H groups in total. The van der Waals surface area contributed by atoms with Crippen molar-refractivity contribution in [2.75, 3.05) is 5.75 Å². The molecule has 0 saturated heterocycles. The lowest BCUT2D eigenvalue weighted by Crippen LogP contribution is -2.04. The maximum atomic E-state index is 10.6. The first-order valence-corrected chi connectivity index (χ1v) is 7.30. The number of rotatable bonds is 5. The molecule has 0 fully saturated rings. The highest BCUT2D eigenvalue weighted by atomic mass is 79.9. The number of aromatic nitrogens is 4. The monoisotopic (exact) mass is 342 g/mol. The molecule has 0 aromatic carbocycles. The SMILES string of the molecule is CCn1c(SCC(=O)O)nnc1-c1ncccc1Br. The molecule has 2 heterocycles. The Hall–Kier alpha value is -1.41. The van der Waals surface area contributed by atoms with Gasteiger partial charge in [0.25, 0.3) is 0 Å². The second-order valence-electron chi connectivity index (χ2n) is 3.57. The van der Waals surface area contributed by atoms with Gasteiger partial charge in [0.1, 0.15) is 5.69 Å². The van der Waals surface area contributed by atoms with Crippen LogP contribution < -0.4 is 0 Å². The summed E-state index contributed by atoms with van der Waals surface area (Å²) < 4.78 is 2.67. The molecule has 8 heteroatoms. The van der Waals surface area contributed by atoms with Gasteiger partial charge in [0.05, 0.1) is 5.75 Å². The highest BCUT2D eigenvalue weighted by molar-refractivity contribution is 9.10. The normalized spacial score (nSPS) is 10.6. The van der Waals surface area contributed by atoms with Gasteiger partial charge in [0, 0.05) is 17.2 Å². The van der Waals surface area contributed by atoms with Crippen LogP contribution in [0, 0.1) is 0 Å². The number of halogens is 1. The van der Waals surface area contributed by atoms with E-state index in [1.54, 1.807) is 6.20 Å². The molecule has 0 spiro atoms. The van der Waals surface area contributed by atoms with Gasteiger partial charge in [-0.1, -0.05) is 11.8 Å². The van der Waals surface area contributed by atoms with Gasteiger partial charge in [0.15, 0.2) is 11.0 Å². The van der Waals surface area contributed by atoms with E-state index < -0.39 is 5.97 Å². The molecule has 2 rings (SSSR count). The Balaban J connectivity index is 2.37. The van der Waals surface area contributed by atoms with Gasteiger partial charge in [-0.05, 0) is 35.0 Å². The number of aliphatic carboxylic acids is 1. The quantitative estimate of drug-likeness (QED) is 0.839. The molecular weight excluding hydrogens is 332 g/mol. The van der Waals surface area contributed by atoms with Crippen molar-refractivity contribution in [3.63, 3.8) is 0 Å². The third kappa shape index (κ3) is 3.13. The van der Waals surface area contributed by atoms with Crippen LogP contribution in [0.2, 0.25) is 0 Å². The van der Waals surface area contributed by atoms with Crippen LogP contribution in [0.15, 0.2) is 28.0 Å². The van der Waals surface area contributed by atoms with Crippen molar-refractivity contribution in [1.29, 1.82) is 0 Å². The number of carbonyl (C=O) groups is 1. The van der Waals surface area contributed by atoms with Crippen LogP contribution in [0.3, 0.4) is 0 Å². The predicted octanol–water partition coefficient (Wildman–Crippen LogP) is 2.30. The number of thioether (sulfide) groups is 1. The van der Waals surface area contributed by atoms with Gasteiger partial charge in [0.2, 0.25) is 0 Å². The summed E-state index contributed by atoms with van der Waals surface area (Å²) in [5, 5.41) is 17.4. The van der Waals surface area contributed by atoms with E-state index in [1.807, 2.05) is 23.6 Å². The molecular formula is C11H11BrN4O2S. The third-order valence-corrected chi connectivity index (χ3v) is 3.92. The topological polar surface area (TPSA) is 80.9 Å². The van der Waals surface area contributed by atoms with Gasteiger partial charge < -0.3 is 9.67 Å². The zero-order valence-electron chi connectivity index (χ0n) is 10.1. The lowest BCUT2D eigenvalue weighted by atomic mass is 10.3. The number of carboxylic acids is 1. The molecule has 0 bridgehead atoms. The van der Waals surface area contributed by atoms with Crippen LogP contribution in [0.25, 0.3) is 11.5 Å². The smallest absolute Gasteiger partial charge is 0.313 e. The molecule has 2 aromatic heterocycles. The van der Waals surface area contributed by atoms with Crippen LogP contribution in [0.5, 0.6) is 0 Å². The van der Waals surface area contributed by atoms with Gasteiger partial charge >= 0.3 is 5.97 Å². The number of carboxylic acid groups (broad SMARTS) is 1. The number of nitrogens with zero attached hydrogens (tertiary/aromatic N) is 4. The van der Waals surface area contributed by atoms with Gasteiger partial charge in [-0.15, -0.1) is 10.2 Å². The van der Waals surface area contributed by atoms with E-state index in [9.17, 15) is 4.79 Å². The summed E-state index contributed by atoms with van der Waals surface area (Å²) in [5.74, 6) is -0.291. The van der Waals surface area contributed by atoms with Gasteiger partial charge in [-0.25, -0.2) is 0 Å². The zero-order chi connectivity index (χ0) is 13.8. The molecule has 0 atom stereocenters. The fourth-order valence-electron chi connectivity index (χ4n) is 1.53. The van der Waals surface area contributed by atoms with Crippen molar-refractivity contribution in [2.45, 2.75) is 18.6 Å². The molecule has 6 nitrogen and oxygen atoms in total. The average Bonchev–Trinajstić information content (AvgIpc) is 2.79. The lowest BCUT2D eigenvalue weighted by Gasteiger charge is -2.06. The summed E-state index contributed by atoms with van der Waals surface area (Å²) in [4.78, 5) is 14.9. The molecule has 2 aromatic rings. The molecule has 0 aliphatic carbocycles. The lowest BCUT2D eigenvalue weighted by molar-refractivity contribution is -0.133. The summed E-state index contributed by atoms with van der Waals surface area (Å²) in [6.07, 6.45) is 1.68. The molecule has 0 amide bonds. The summed E-state index contributed by atoms with van der Waals surface area (Å²) in [6, 6.07) is 3.70. The fourth-order valence-corrected chi connectivity index (χ4v) is 2.69. The summed E-state index contributed by atoms with van der Waals surface area (Å²) in [5.41, 5.74) is 0.694. The third-order valence-electron chi connectivity index (χ3n) is 2.33. The summed E-state index contributed by atoms with van der Waals surface area (Å²) in [6.45, 7) is 2.60. The van der Waals surface area contributed by atoms with Crippen molar-refractivity contribution in [2.24, 2.45) is 0 Å². The molecule has 0 aliphatic heterocycles. The Morgan fingerprint density at radius 2 is 2.32 bits per heavy atom. The van der Waals surface area contributed by atoms with Crippen molar-refractivity contribution >= 4 is 33.7 Å². The van der Waals surface area contributed by atoms with Gasteiger partial charge in [-0.3, -0.25) is 9.78 Å².